The highest BCUT2D eigenvalue weighted by Crippen LogP contribution is 2.26. The molecule has 4 nitrogen and oxygen atoms in total. The Morgan fingerprint density at radius 2 is 2.13 bits per heavy atom. The predicted octanol–water partition coefficient (Wildman–Crippen LogP) is 1.16. The van der Waals surface area contributed by atoms with E-state index in [0.29, 0.717) is 6.42 Å². The molecule has 84 valence electrons. The molecule has 1 unspecified atom stereocenters. The van der Waals surface area contributed by atoms with E-state index in [-0.39, 0.29) is 24.0 Å². The van der Waals surface area contributed by atoms with Crippen LogP contribution in [0.2, 0.25) is 0 Å². The molecule has 5 heteroatoms. The van der Waals surface area contributed by atoms with Gasteiger partial charge in [-0.3, -0.25) is 9.69 Å². The second-order valence-electron chi connectivity index (χ2n) is 4.27. The average molecular weight is 228 g/mol. The minimum atomic E-state index is -0.0912. The molecule has 0 saturated carbocycles. The molecule has 0 N–H and O–H groups in total. The maximum Gasteiger partial charge on any atom is 0.327 e. The average Bonchev–Trinajstić information content (AvgIpc) is 2.17. The van der Waals surface area contributed by atoms with Gasteiger partial charge in [-0.2, -0.15) is 11.8 Å². The monoisotopic (exact) mass is 228 g/mol. The normalized spacial score (nSPS) is 27.3. The third kappa shape index (κ3) is 1.85. The van der Waals surface area contributed by atoms with E-state index in [1.807, 2.05) is 30.5 Å². The van der Waals surface area contributed by atoms with Crippen LogP contribution in [-0.4, -0.2) is 51.9 Å². The second-order valence-corrected chi connectivity index (χ2v) is 5.42. The molecule has 0 aromatic heterocycles. The summed E-state index contributed by atoms with van der Waals surface area (Å²) < 4.78 is 0. The number of carbonyl (C=O) groups excluding carboxylic acids is 2. The van der Waals surface area contributed by atoms with E-state index in [9.17, 15) is 9.59 Å². The summed E-state index contributed by atoms with van der Waals surface area (Å²) in [5, 5.41) is 0. The fourth-order valence-electron chi connectivity index (χ4n) is 2.13. The summed E-state index contributed by atoms with van der Waals surface area (Å²) in [6.45, 7) is 4.55. The molecule has 2 fully saturated rings. The Bertz CT molecular complexity index is 293. The minimum Gasteiger partial charge on any atom is -0.319 e. The molecular weight excluding hydrogens is 212 g/mol. The molecule has 0 aliphatic carbocycles. The van der Waals surface area contributed by atoms with Crippen molar-refractivity contribution in [2.24, 2.45) is 0 Å². The molecule has 3 amide bonds. The highest BCUT2D eigenvalue weighted by molar-refractivity contribution is 7.99. The lowest BCUT2D eigenvalue weighted by atomic mass is 10.1. The lowest BCUT2D eigenvalue weighted by Crippen LogP contribution is -2.61. The first-order valence-electron chi connectivity index (χ1n) is 5.31. The van der Waals surface area contributed by atoms with Gasteiger partial charge in [-0.05, 0) is 13.8 Å². The number of imide groups is 1. The van der Waals surface area contributed by atoms with Gasteiger partial charge in [0.2, 0.25) is 5.91 Å². The summed E-state index contributed by atoms with van der Waals surface area (Å²) >= 11 is 1.83. The van der Waals surface area contributed by atoms with E-state index < -0.39 is 0 Å². The standard InChI is InChI=1S/C10H16N2O2S/c1-7(2)12-9(13)5-8-6-15-4-3-11(8)10(12)14/h7-8H,3-6H2,1-2H3. The molecule has 15 heavy (non-hydrogen) atoms. The largest absolute Gasteiger partial charge is 0.327 e. The van der Waals surface area contributed by atoms with Crippen molar-refractivity contribution in [2.45, 2.75) is 32.4 Å². The van der Waals surface area contributed by atoms with Crippen LogP contribution in [0.5, 0.6) is 0 Å². The van der Waals surface area contributed by atoms with Gasteiger partial charge in [0.25, 0.3) is 0 Å². The maximum absolute atomic E-state index is 12.0. The van der Waals surface area contributed by atoms with E-state index >= 15 is 0 Å². The van der Waals surface area contributed by atoms with Crippen LogP contribution >= 0.6 is 11.8 Å². The van der Waals surface area contributed by atoms with Crippen molar-refractivity contribution in [2.75, 3.05) is 18.1 Å². The fraction of sp³-hybridized carbons (Fsp3) is 0.800. The number of rotatable bonds is 1. The first-order valence-corrected chi connectivity index (χ1v) is 6.47. The topological polar surface area (TPSA) is 40.6 Å². The van der Waals surface area contributed by atoms with E-state index in [2.05, 4.69) is 0 Å². The molecule has 2 saturated heterocycles. The summed E-state index contributed by atoms with van der Waals surface area (Å²) in [5.41, 5.74) is 0. The molecule has 0 bridgehead atoms. The van der Waals surface area contributed by atoms with Gasteiger partial charge in [0.1, 0.15) is 0 Å². The molecule has 1 atom stereocenters. The summed E-state index contributed by atoms with van der Waals surface area (Å²) in [4.78, 5) is 27.1. The van der Waals surface area contributed by atoms with Crippen molar-refractivity contribution in [1.29, 1.82) is 0 Å². The van der Waals surface area contributed by atoms with E-state index in [4.69, 9.17) is 0 Å². The number of amides is 3. The Balaban J connectivity index is 2.18. The quantitative estimate of drug-likeness (QED) is 0.676. The number of fused-ring (bicyclic) bond motifs is 1. The van der Waals surface area contributed by atoms with Gasteiger partial charge in [-0.15, -0.1) is 0 Å². The van der Waals surface area contributed by atoms with Crippen molar-refractivity contribution in [3.05, 3.63) is 0 Å². The van der Waals surface area contributed by atoms with E-state index in [0.717, 1.165) is 18.1 Å². The SMILES string of the molecule is CC(C)N1C(=O)CC2CSCCN2C1=O. The second kappa shape index (κ2) is 4.04. The zero-order valence-electron chi connectivity index (χ0n) is 9.10. The molecule has 0 aromatic rings. The zero-order valence-corrected chi connectivity index (χ0v) is 9.92. The molecule has 0 spiro atoms. The Morgan fingerprint density at radius 3 is 2.80 bits per heavy atom. The summed E-state index contributed by atoms with van der Waals surface area (Å²) in [6, 6.07) is 0.0193. The van der Waals surface area contributed by atoms with Crippen LogP contribution in [-0.2, 0) is 4.79 Å². The van der Waals surface area contributed by atoms with Gasteiger partial charge in [-0.1, -0.05) is 0 Å². The lowest BCUT2D eigenvalue weighted by Gasteiger charge is -2.43. The van der Waals surface area contributed by atoms with Crippen molar-refractivity contribution in [3.63, 3.8) is 0 Å². The molecule has 0 aromatic carbocycles. The van der Waals surface area contributed by atoms with Gasteiger partial charge in [0, 0.05) is 30.5 Å². The van der Waals surface area contributed by atoms with Gasteiger partial charge >= 0.3 is 6.03 Å². The maximum atomic E-state index is 12.0. The summed E-state index contributed by atoms with van der Waals surface area (Å²) in [7, 11) is 0. The number of carbonyl (C=O) groups is 2. The van der Waals surface area contributed by atoms with Crippen LogP contribution in [0.3, 0.4) is 0 Å². The van der Waals surface area contributed by atoms with Crippen molar-refractivity contribution >= 4 is 23.7 Å². The Labute approximate surface area is 94.0 Å². The molecule has 2 aliphatic heterocycles. The molecule has 2 aliphatic rings. The third-order valence-electron chi connectivity index (χ3n) is 2.87. The highest BCUT2D eigenvalue weighted by atomic mass is 32.2. The number of thioether (sulfide) groups is 1. The molecule has 2 rings (SSSR count). The Morgan fingerprint density at radius 1 is 1.40 bits per heavy atom. The zero-order chi connectivity index (χ0) is 11.0. The smallest absolute Gasteiger partial charge is 0.319 e. The van der Waals surface area contributed by atoms with Crippen LogP contribution in [0.1, 0.15) is 20.3 Å². The third-order valence-corrected chi connectivity index (χ3v) is 3.97. The van der Waals surface area contributed by atoms with Crippen LogP contribution < -0.4 is 0 Å². The van der Waals surface area contributed by atoms with Gasteiger partial charge in [0.05, 0.1) is 6.04 Å². The Hall–Kier alpha value is -0.710. The first-order chi connectivity index (χ1) is 7.11. The number of hydrogen-bond donors (Lipinski definition) is 0. The van der Waals surface area contributed by atoms with Crippen molar-refractivity contribution < 1.29 is 9.59 Å². The van der Waals surface area contributed by atoms with Gasteiger partial charge < -0.3 is 4.90 Å². The van der Waals surface area contributed by atoms with E-state index in [1.54, 1.807) is 0 Å². The summed E-state index contributed by atoms with van der Waals surface area (Å²) in [5.74, 6) is 1.88. The van der Waals surface area contributed by atoms with E-state index in [1.165, 1.54) is 4.90 Å². The predicted molar refractivity (Wildman–Crippen MR) is 59.8 cm³/mol. The van der Waals surface area contributed by atoms with Crippen molar-refractivity contribution in [3.8, 4) is 0 Å². The van der Waals surface area contributed by atoms with Crippen LogP contribution in [0.25, 0.3) is 0 Å². The molecule has 0 radical (unpaired) electrons. The molecule has 2 heterocycles. The Kier molecular flexibility index (Phi) is 2.91. The van der Waals surface area contributed by atoms with Crippen molar-refractivity contribution in [1.82, 2.24) is 9.80 Å². The number of nitrogens with zero attached hydrogens (tertiary/aromatic N) is 2. The number of hydrogen-bond acceptors (Lipinski definition) is 3. The number of urea groups is 1. The van der Waals surface area contributed by atoms with Crippen LogP contribution in [0, 0.1) is 0 Å². The minimum absolute atomic E-state index is 0.0150. The van der Waals surface area contributed by atoms with Gasteiger partial charge in [-0.25, -0.2) is 4.79 Å². The first kappa shape index (κ1) is 10.8. The fourth-order valence-corrected chi connectivity index (χ4v) is 3.19. The summed E-state index contributed by atoms with van der Waals surface area (Å²) in [6.07, 6.45) is 0.497. The lowest BCUT2D eigenvalue weighted by molar-refractivity contribution is -0.133. The molecular formula is C10H16N2O2S. The van der Waals surface area contributed by atoms with Crippen LogP contribution in [0.15, 0.2) is 0 Å². The van der Waals surface area contributed by atoms with Gasteiger partial charge in [0.15, 0.2) is 0 Å². The van der Waals surface area contributed by atoms with Crippen LogP contribution in [0.4, 0.5) is 4.79 Å². The highest BCUT2D eigenvalue weighted by Gasteiger charge is 2.40.